The van der Waals surface area contributed by atoms with E-state index >= 15 is 0 Å². The van der Waals surface area contributed by atoms with E-state index in [2.05, 4.69) is 20.2 Å². The zero-order valence-electron chi connectivity index (χ0n) is 17.6. The second kappa shape index (κ2) is 8.56. The predicted octanol–water partition coefficient (Wildman–Crippen LogP) is 3.13. The summed E-state index contributed by atoms with van der Waals surface area (Å²) in [5.41, 5.74) is 0.0987. The standard InChI is InChI=1S/C21H22F3N7O/c1-14-7-10-29(20-25-13-17(15(2)28-20)21(22,23)24)11-12-30(14)19(32)16-5-3-4-6-18(16)31-26-8-9-27-31/h3-6,8-9,13-14H,7,10-12H2,1-2H3/t14-/m0/s1. The molecule has 0 bridgehead atoms. The summed E-state index contributed by atoms with van der Waals surface area (Å²) in [6.07, 6.45) is 0.0367. The average molecular weight is 445 g/mol. The first kappa shape index (κ1) is 21.7. The second-order valence-electron chi connectivity index (χ2n) is 7.63. The molecule has 0 N–H and O–H groups in total. The van der Waals surface area contributed by atoms with Crippen molar-refractivity contribution in [2.24, 2.45) is 0 Å². The lowest BCUT2D eigenvalue weighted by molar-refractivity contribution is -0.138. The molecule has 8 nitrogen and oxygen atoms in total. The molecule has 1 fully saturated rings. The van der Waals surface area contributed by atoms with Crippen LogP contribution in [0.2, 0.25) is 0 Å². The molecule has 2 aromatic heterocycles. The van der Waals surface area contributed by atoms with E-state index < -0.39 is 11.7 Å². The summed E-state index contributed by atoms with van der Waals surface area (Å²) in [6.45, 7) is 4.59. The Balaban J connectivity index is 1.55. The van der Waals surface area contributed by atoms with Crippen LogP contribution in [0.5, 0.6) is 0 Å². The Morgan fingerprint density at radius 1 is 1.09 bits per heavy atom. The van der Waals surface area contributed by atoms with Crippen LogP contribution in [0.4, 0.5) is 19.1 Å². The summed E-state index contributed by atoms with van der Waals surface area (Å²) in [5.74, 6) is 0.0786. The van der Waals surface area contributed by atoms with Crippen LogP contribution in [-0.4, -0.2) is 61.4 Å². The number of carbonyl (C=O) groups excluding carboxylic acids is 1. The van der Waals surface area contributed by atoms with Crippen LogP contribution in [0.25, 0.3) is 5.69 Å². The molecule has 1 atom stereocenters. The highest BCUT2D eigenvalue weighted by Crippen LogP contribution is 2.31. The van der Waals surface area contributed by atoms with E-state index in [1.165, 1.54) is 11.7 Å². The summed E-state index contributed by atoms with van der Waals surface area (Å²) in [6, 6.07) is 7.03. The van der Waals surface area contributed by atoms with Crippen LogP contribution in [0.3, 0.4) is 0 Å². The molecule has 0 radical (unpaired) electrons. The number of halogens is 3. The molecule has 1 saturated heterocycles. The lowest BCUT2D eigenvalue weighted by Gasteiger charge is -2.27. The first-order valence-corrected chi connectivity index (χ1v) is 10.2. The number of alkyl halides is 3. The summed E-state index contributed by atoms with van der Waals surface area (Å²) >= 11 is 0. The lowest BCUT2D eigenvalue weighted by Crippen LogP contribution is -2.40. The van der Waals surface area contributed by atoms with E-state index in [9.17, 15) is 18.0 Å². The van der Waals surface area contributed by atoms with Gasteiger partial charge in [0, 0.05) is 31.9 Å². The fourth-order valence-corrected chi connectivity index (χ4v) is 3.77. The van der Waals surface area contributed by atoms with Gasteiger partial charge in [0.2, 0.25) is 5.95 Å². The molecular formula is C21H22F3N7O. The Labute approximate surface area is 182 Å². The summed E-state index contributed by atoms with van der Waals surface area (Å²) < 4.78 is 39.1. The van der Waals surface area contributed by atoms with Gasteiger partial charge in [-0.25, -0.2) is 9.97 Å². The number of amides is 1. The van der Waals surface area contributed by atoms with Gasteiger partial charge in [-0.2, -0.15) is 28.2 Å². The maximum atomic E-state index is 13.4. The molecule has 32 heavy (non-hydrogen) atoms. The smallest absolute Gasteiger partial charge is 0.339 e. The van der Waals surface area contributed by atoms with E-state index in [1.54, 1.807) is 35.5 Å². The number of para-hydroxylation sites is 1. The third kappa shape index (κ3) is 4.27. The number of anilines is 1. The van der Waals surface area contributed by atoms with Crippen LogP contribution in [-0.2, 0) is 6.18 Å². The molecule has 11 heteroatoms. The van der Waals surface area contributed by atoms with Crippen molar-refractivity contribution in [2.45, 2.75) is 32.5 Å². The number of rotatable bonds is 3. The quantitative estimate of drug-likeness (QED) is 0.616. The Bertz CT molecular complexity index is 1100. The Kier molecular flexibility index (Phi) is 5.81. The van der Waals surface area contributed by atoms with Crippen molar-refractivity contribution < 1.29 is 18.0 Å². The minimum absolute atomic E-state index is 0.0818. The summed E-state index contributed by atoms with van der Waals surface area (Å²) in [4.78, 5) is 26.4. The Hall–Kier alpha value is -3.50. The third-order valence-corrected chi connectivity index (χ3v) is 5.54. The van der Waals surface area contributed by atoms with Crippen molar-refractivity contribution in [1.82, 2.24) is 29.9 Å². The normalized spacial score (nSPS) is 17.3. The van der Waals surface area contributed by atoms with Gasteiger partial charge in [0.1, 0.15) is 0 Å². The average Bonchev–Trinajstić information content (AvgIpc) is 3.22. The number of carbonyl (C=O) groups is 1. The van der Waals surface area contributed by atoms with Crippen molar-refractivity contribution >= 4 is 11.9 Å². The summed E-state index contributed by atoms with van der Waals surface area (Å²) in [7, 11) is 0. The molecule has 1 aliphatic rings. The Morgan fingerprint density at radius 3 is 2.50 bits per heavy atom. The van der Waals surface area contributed by atoms with Crippen LogP contribution in [0, 0.1) is 6.92 Å². The molecule has 168 valence electrons. The van der Waals surface area contributed by atoms with Gasteiger partial charge in [0.15, 0.2) is 0 Å². The van der Waals surface area contributed by atoms with E-state index in [-0.39, 0.29) is 23.6 Å². The largest absolute Gasteiger partial charge is 0.419 e. The van der Waals surface area contributed by atoms with Gasteiger partial charge < -0.3 is 9.80 Å². The predicted molar refractivity (Wildman–Crippen MR) is 110 cm³/mol. The number of benzene rings is 1. The topological polar surface area (TPSA) is 80.0 Å². The molecule has 4 rings (SSSR count). The minimum Gasteiger partial charge on any atom is -0.339 e. The van der Waals surface area contributed by atoms with Crippen molar-refractivity contribution in [1.29, 1.82) is 0 Å². The maximum absolute atomic E-state index is 13.4. The molecule has 1 amide bonds. The molecular weight excluding hydrogens is 423 g/mol. The van der Waals surface area contributed by atoms with E-state index in [0.29, 0.717) is 37.3 Å². The molecule has 0 saturated carbocycles. The number of hydrogen-bond donors (Lipinski definition) is 0. The van der Waals surface area contributed by atoms with E-state index in [0.717, 1.165) is 6.20 Å². The number of aromatic nitrogens is 5. The second-order valence-corrected chi connectivity index (χ2v) is 7.63. The SMILES string of the molecule is Cc1nc(N2CC[C@H](C)N(C(=O)c3ccccc3-n3nccn3)CC2)ncc1C(F)(F)F. The van der Waals surface area contributed by atoms with E-state index in [1.807, 2.05) is 17.9 Å². The molecule has 0 aliphatic carbocycles. The van der Waals surface area contributed by atoms with Crippen molar-refractivity contribution in [3.63, 3.8) is 0 Å². The van der Waals surface area contributed by atoms with Crippen molar-refractivity contribution in [3.05, 3.63) is 59.7 Å². The first-order valence-electron chi connectivity index (χ1n) is 10.2. The number of hydrogen-bond acceptors (Lipinski definition) is 6. The van der Waals surface area contributed by atoms with Crippen LogP contribution >= 0.6 is 0 Å². The highest BCUT2D eigenvalue weighted by atomic mass is 19.4. The third-order valence-electron chi connectivity index (χ3n) is 5.54. The maximum Gasteiger partial charge on any atom is 0.419 e. The van der Waals surface area contributed by atoms with Crippen molar-refractivity contribution in [2.75, 3.05) is 24.5 Å². The van der Waals surface area contributed by atoms with Crippen molar-refractivity contribution in [3.8, 4) is 5.69 Å². The summed E-state index contributed by atoms with van der Waals surface area (Å²) in [5, 5.41) is 8.25. The van der Waals surface area contributed by atoms with Gasteiger partial charge in [0.25, 0.3) is 5.91 Å². The lowest BCUT2D eigenvalue weighted by atomic mass is 10.1. The van der Waals surface area contributed by atoms with E-state index in [4.69, 9.17) is 0 Å². The molecule has 1 aliphatic heterocycles. The monoisotopic (exact) mass is 445 g/mol. The molecule has 1 aromatic carbocycles. The van der Waals surface area contributed by atoms with Gasteiger partial charge in [-0.05, 0) is 32.4 Å². The fourth-order valence-electron chi connectivity index (χ4n) is 3.77. The van der Waals surface area contributed by atoms with Crippen LogP contribution in [0.1, 0.15) is 35.0 Å². The highest BCUT2D eigenvalue weighted by molar-refractivity contribution is 5.98. The number of aryl methyl sites for hydroxylation is 1. The zero-order chi connectivity index (χ0) is 22.9. The van der Waals surface area contributed by atoms with Gasteiger partial charge >= 0.3 is 6.18 Å². The fraction of sp³-hybridized carbons (Fsp3) is 0.381. The Morgan fingerprint density at radius 2 is 1.81 bits per heavy atom. The van der Waals surface area contributed by atoms with Gasteiger partial charge in [-0.3, -0.25) is 4.79 Å². The minimum atomic E-state index is -4.49. The van der Waals surface area contributed by atoms with Gasteiger partial charge in [0.05, 0.1) is 34.9 Å². The molecule has 3 heterocycles. The van der Waals surface area contributed by atoms with Gasteiger partial charge in [-0.15, -0.1) is 0 Å². The first-order chi connectivity index (χ1) is 15.3. The van der Waals surface area contributed by atoms with Crippen LogP contribution in [0.15, 0.2) is 42.9 Å². The molecule has 3 aromatic rings. The zero-order valence-corrected chi connectivity index (χ0v) is 17.6. The molecule has 0 unspecified atom stereocenters. The number of nitrogens with zero attached hydrogens (tertiary/aromatic N) is 7. The molecule has 0 spiro atoms. The highest BCUT2D eigenvalue weighted by Gasteiger charge is 2.34. The van der Waals surface area contributed by atoms with Gasteiger partial charge in [-0.1, -0.05) is 12.1 Å². The van der Waals surface area contributed by atoms with Crippen LogP contribution < -0.4 is 4.90 Å².